The lowest BCUT2D eigenvalue weighted by molar-refractivity contribution is 0.0161. The molecular formula is C23H22O6. The van der Waals surface area contributed by atoms with Gasteiger partial charge in [0, 0.05) is 24.1 Å². The van der Waals surface area contributed by atoms with E-state index in [0.29, 0.717) is 30.1 Å². The van der Waals surface area contributed by atoms with Gasteiger partial charge in [0.05, 0.1) is 11.7 Å². The Balaban J connectivity index is 1.35. The highest BCUT2D eigenvalue weighted by molar-refractivity contribution is 5.89. The van der Waals surface area contributed by atoms with Gasteiger partial charge in [0.25, 0.3) is 0 Å². The average molecular weight is 394 g/mol. The summed E-state index contributed by atoms with van der Waals surface area (Å²) in [7, 11) is 0. The van der Waals surface area contributed by atoms with Crippen molar-refractivity contribution in [3.8, 4) is 5.75 Å². The second-order valence-corrected chi connectivity index (χ2v) is 7.13. The smallest absolute Gasteiger partial charge is 0.338 e. The lowest BCUT2D eigenvalue weighted by Gasteiger charge is -2.11. The number of fused-ring (bicyclic) bond motifs is 1. The molecule has 2 heterocycles. The van der Waals surface area contributed by atoms with Gasteiger partial charge in [-0.2, -0.15) is 0 Å². The number of hydrogen-bond donors (Lipinski definition) is 0. The van der Waals surface area contributed by atoms with Crippen LogP contribution in [-0.2, 0) is 16.1 Å². The van der Waals surface area contributed by atoms with Crippen molar-refractivity contribution >= 4 is 16.9 Å². The molecule has 1 aromatic heterocycles. The van der Waals surface area contributed by atoms with E-state index in [4.69, 9.17) is 18.6 Å². The number of benzene rings is 2. The van der Waals surface area contributed by atoms with Gasteiger partial charge in [-0.1, -0.05) is 12.1 Å². The van der Waals surface area contributed by atoms with Crippen molar-refractivity contribution in [2.45, 2.75) is 32.5 Å². The van der Waals surface area contributed by atoms with Crippen molar-refractivity contribution in [2.75, 3.05) is 13.2 Å². The summed E-state index contributed by atoms with van der Waals surface area (Å²) in [6.07, 6.45) is 1.96. The van der Waals surface area contributed by atoms with E-state index < -0.39 is 0 Å². The van der Waals surface area contributed by atoms with Gasteiger partial charge in [-0.05, 0) is 55.2 Å². The minimum absolute atomic E-state index is 0.0155. The molecule has 1 fully saturated rings. The maximum atomic E-state index is 12.1. The number of carbonyl (C=O) groups excluding carboxylic acids is 1. The highest BCUT2D eigenvalue weighted by Crippen LogP contribution is 2.23. The summed E-state index contributed by atoms with van der Waals surface area (Å²) in [4.78, 5) is 23.7. The molecule has 0 saturated carbocycles. The van der Waals surface area contributed by atoms with Crippen molar-refractivity contribution in [2.24, 2.45) is 0 Å². The molecule has 4 rings (SSSR count). The van der Waals surface area contributed by atoms with E-state index in [-0.39, 0.29) is 17.7 Å². The van der Waals surface area contributed by atoms with Crippen LogP contribution in [0.1, 0.15) is 34.3 Å². The van der Waals surface area contributed by atoms with Crippen molar-refractivity contribution in [1.29, 1.82) is 0 Å². The number of carbonyl (C=O) groups is 1. The molecule has 2 aromatic carbocycles. The Morgan fingerprint density at radius 3 is 2.72 bits per heavy atom. The zero-order chi connectivity index (χ0) is 20.2. The minimum atomic E-state index is -0.380. The van der Waals surface area contributed by atoms with Gasteiger partial charge in [0.1, 0.15) is 24.5 Å². The molecule has 0 aliphatic carbocycles. The van der Waals surface area contributed by atoms with E-state index in [1.54, 1.807) is 18.2 Å². The van der Waals surface area contributed by atoms with Crippen LogP contribution in [0.4, 0.5) is 0 Å². The van der Waals surface area contributed by atoms with E-state index in [1.807, 2.05) is 31.2 Å². The van der Waals surface area contributed by atoms with Gasteiger partial charge < -0.3 is 18.6 Å². The highest BCUT2D eigenvalue weighted by Gasteiger charge is 2.18. The van der Waals surface area contributed by atoms with Crippen LogP contribution in [-0.4, -0.2) is 25.3 Å². The second-order valence-electron chi connectivity index (χ2n) is 7.13. The summed E-state index contributed by atoms with van der Waals surface area (Å²) in [5.41, 5.74) is 2.39. The number of hydrogen-bond acceptors (Lipinski definition) is 6. The Morgan fingerprint density at radius 2 is 1.97 bits per heavy atom. The summed E-state index contributed by atoms with van der Waals surface area (Å²) in [6.45, 7) is 3.22. The van der Waals surface area contributed by atoms with Gasteiger partial charge in [0.15, 0.2) is 0 Å². The topological polar surface area (TPSA) is 75.0 Å². The van der Waals surface area contributed by atoms with Gasteiger partial charge in [0.2, 0.25) is 0 Å². The third-order valence-corrected chi connectivity index (χ3v) is 4.94. The molecule has 6 heteroatoms. The normalized spacial score (nSPS) is 16.1. The third-order valence-electron chi connectivity index (χ3n) is 4.94. The largest absolute Gasteiger partial charge is 0.489 e. The lowest BCUT2D eigenvalue weighted by Crippen LogP contribution is -2.17. The van der Waals surface area contributed by atoms with E-state index in [2.05, 4.69) is 0 Å². The predicted octanol–water partition coefficient (Wildman–Crippen LogP) is 4.02. The fourth-order valence-electron chi connectivity index (χ4n) is 3.33. The van der Waals surface area contributed by atoms with Crippen LogP contribution >= 0.6 is 0 Å². The van der Waals surface area contributed by atoms with Crippen LogP contribution in [0.15, 0.2) is 57.7 Å². The van der Waals surface area contributed by atoms with Crippen molar-refractivity contribution in [3.63, 3.8) is 0 Å². The van der Waals surface area contributed by atoms with Crippen LogP contribution in [0.3, 0.4) is 0 Å². The summed E-state index contributed by atoms with van der Waals surface area (Å²) in [5.74, 6) is 0.249. The van der Waals surface area contributed by atoms with Crippen molar-refractivity contribution in [3.05, 3.63) is 75.6 Å². The molecule has 0 bridgehead atoms. The second kappa shape index (κ2) is 8.49. The third kappa shape index (κ3) is 4.66. The Morgan fingerprint density at radius 1 is 1.14 bits per heavy atom. The number of aryl methyl sites for hydroxylation is 1. The molecule has 1 aliphatic heterocycles. The molecule has 6 nitrogen and oxygen atoms in total. The Bertz CT molecular complexity index is 1060. The first-order chi connectivity index (χ1) is 14.1. The molecule has 29 heavy (non-hydrogen) atoms. The van der Waals surface area contributed by atoms with Crippen LogP contribution in [0.2, 0.25) is 0 Å². The van der Waals surface area contributed by atoms with Crippen LogP contribution < -0.4 is 10.4 Å². The van der Waals surface area contributed by atoms with Crippen molar-refractivity contribution in [1.82, 2.24) is 0 Å². The van der Waals surface area contributed by atoms with Gasteiger partial charge in [-0.25, -0.2) is 9.59 Å². The summed E-state index contributed by atoms with van der Waals surface area (Å²) >= 11 is 0. The molecule has 0 radical (unpaired) electrons. The maximum Gasteiger partial charge on any atom is 0.338 e. The molecule has 0 amide bonds. The van der Waals surface area contributed by atoms with E-state index in [0.717, 1.165) is 36.0 Å². The number of rotatable bonds is 6. The average Bonchev–Trinajstić information content (AvgIpc) is 3.24. The summed E-state index contributed by atoms with van der Waals surface area (Å²) < 4.78 is 21.8. The highest BCUT2D eigenvalue weighted by atomic mass is 16.6. The molecule has 3 aromatic rings. The predicted molar refractivity (Wildman–Crippen MR) is 107 cm³/mol. The van der Waals surface area contributed by atoms with Gasteiger partial charge in [-0.3, -0.25) is 0 Å². The lowest BCUT2D eigenvalue weighted by atomic mass is 10.1. The zero-order valence-electron chi connectivity index (χ0n) is 16.2. The van der Waals surface area contributed by atoms with E-state index in [9.17, 15) is 9.59 Å². The first-order valence-electron chi connectivity index (χ1n) is 9.63. The Kier molecular flexibility index (Phi) is 5.62. The zero-order valence-corrected chi connectivity index (χ0v) is 16.2. The fourth-order valence-corrected chi connectivity index (χ4v) is 3.33. The van der Waals surface area contributed by atoms with Crippen LogP contribution in [0.25, 0.3) is 11.0 Å². The first kappa shape index (κ1) is 19.2. The van der Waals surface area contributed by atoms with E-state index >= 15 is 0 Å². The van der Waals surface area contributed by atoms with E-state index in [1.165, 1.54) is 6.07 Å². The number of ether oxygens (including phenoxy) is 3. The molecule has 0 spiro atoms. The fraction of sp³-hybridized carbons (Fsp3) is 0.304. The molecule has 1 atom stereocenters. The molecule has 150 valence electrons. The van der Waals surface area contributed by atoms with Crippen molar-refractivity contribution < 1.29 is 23.4 Å². The number of esters is 1. The monoisotopic (exact) mass is 394 g/mol. The summed E-state index contributed by atoms with van der Waals surface area (Å²) in [5, 5.41) is 0.878. The SMILES string of the molecule is Cc1cc(=O)oc2cc(OCc3ccc(C(=O)OC[C@H]4CCCO4)cc3)ccc12. The van der Waals surface area contributed by atoms with Crippen LogP contribution in [0.5, 0.6) is 5.75 Å². The first-order valence-corrected chi connectivity index (χ1v) is 9.63. The van der Waals surface area contributed by atoms with Crippen LogP contribution in [0, 0.1) is 6.92 Å². The summed E-state index contributed by atoms with van der Waals surface area (Å²) in [6, 6.07) is 14.0. The molecule has 0 unspecified atom stereocenters. The standard InChI is InChI=1S/C23H22O6/c1-15-11-22(24)29-21-12-18(8-9-20(15)21)27-13-16-4-6-17(7-5-16)23(25)28-14-19-3-2-10-26-19/h4-9,11-12,19H,2-3,10,13-14H2,1H3/t19-/m1/s1. The Labute approximate surface area is 168 Å². The molecule has 1 saturated heterocycles. The Hall–Kier alpha value is -3.12. The molecule has 0 N–H and O–H groups in total. The molecule has 1 aliphatic rings. The maximum absolute atomic E-state index is 12.1. The van der Waals surface area contributed by atoms with Gasteiger partial charge >= 0.3 is 11.6 Å². The minimum Gasteiger partial charge on any atom is -0.489 e. The quantitative estimate of drug-likeness (QED) is 0.464. The molecular weight excluding hydrogens is 372 g/mol. The van der Waals surface area contributed by atoms with Gasteiger partial charge in [-0.15, -0.1) is 0 Å².